The van der Waals surface area contributed by atoms with Gasteiger partial charge in [-0.25, -0.2) is 0 Å². The van der Waals surface area contributed by atoms with Crippen molar-refractivity contribution in [3.63, 3.8) is 0 Å². The predicted octanol–water partition coefficient (Wildman–Crippen LogP) is 4.63. The normalized spacial score (nSPS) is 29.9. The summed E-state index contributed by atoms with van der Waals surface area (Å²) < 4.78 is 0. The third-order valence-corrected chi connectivity index (χ3v) is 7.82. The summed E-state index contributed by atoms with van der Waals surface area (Å²) in [4.78, 5) is 21.7. The van der Waals surface area contributed by atoms with E-state index < -0.39 is 11.9 Å². The number of benzene rings is 1. The number of hydrogen-bond acceptors (Lipinski definition) is 4. The summed E-state index contributed by atoms with van der Waals surface area (Å²) in [5.41, 5.74) is 12.8. The summed E-state index contributed by atoms with van der Waals surface area (Å²) in [5.74, 6) is -0.362. The molecule has 0 saturated heterocycles. The van der Waals surface area contributed by atoms with E-state index in [1.165, 1.54) is 5.56 Å². The van der Waals surface area contributed by atoms with Crippen LogP contribution in [0.1, 0.15) is 83.6 Å². The summed E-state index contributed by atoms with van der Waals surface area (Å²) in [6, 6.07) is 10.3. The molecule has 3 rings (SSSR count). The van der Waals surface area contributed by atoms with E-state index in [-0.39, 0.29) is 29.1 Å². The van der Waals surface area contributed by atoms with Gasteiger partial charge in [-0.15, -0.1) is 0 Å². The van der Waals surface area contributed by atoms with Gasteiger partial charge in [0, 0.05) is 0 Å². The van der Waals surface area contributed by atoms with Crippen LogP contribution in [0.5, 0.6) is 0 Å². The fraction of sp³-hybridized carbons (Fsp3) is 0.692. The highest BCUT2D eigenvalue weighted by molar-refractivity contribution is 5.68. The predicted molar refractivity (Wildman–Crippen MR) is 127 cm³/mol. The molecule has 2 aliphatic rings. The maximum atomic E-state index is 10.9. The maximum absolute atomic E-state index is 10.9. The van der Waals surface area contributed by atoms with E-state index in [0.29, 0.717) is 24.9 Å². The van der Waals surface area contributed by atoms with E-state index in [4.69, 9.17) is 21.7 Å². The molecule has 32 heavy (non-hydrogen) atoms. The molecule has 4 atom stereocenters. The smallest absolute Gasteiger partial charge is 0.303 e. The molecule has 0 aromatic heterocycles. The van der Waals surface area contributed by atoms with Gasteiger partial charge < -0.3 is 21.7 Å². The third-order valence-electron chi connectivity index (χ3n) is 7.82. The molecule has 0 amide bonds. The van der Waals surface area contributed by atoms with E-state index in [2.05, 4.69) is 32.9 Å². The Morgan fingerprint density at radius 2 is 1.41 bits per heavy atom. The monoisotopic (exact) mass is 446 g/mol. The molecule has 0 bridgehead atoms. The summed E-state index contributed by atoms with van der Waals surface area (Å²) in [5, 5.41) is 17.9. The SMILES string of the molecule is CC(C)(C)[C@H]1CC[C@](CN)(CC(=O)O)C1.NCC1(CC(=O)O)CCC(c2ccccc2)C1. The van der Waals surface area contributed by atoms with Gasteiger partial charge in [0.15, 0.2) is 0 Å². The van der Waals surface area contributed by atoms with Gasteiger partial charge in [-0.05, 0) is 85.3 Å². The number of nitrogens with two attached hydrogens (primary N) is 2. The molecule has 6 N–H and O–H groups in total. The highest BCUT2D eigenvalue weighted by Crippen LogP contribution is 2.50. The van der Waals surface area contributed by atoms with E-state index in [1.807, 2.05) is 18.2 Å². The second kappa shape index (κ2) is 10.8. The van der Waals surface area contributed by atoms with Gasteiger partial charge >= 0.3 is 11.9 Å². The van der Waals surface area contributed by atoms with Crippen molar-refractivity contribution in [1.82, 2.24) is 0 Å². The molecule has 1 aromatic carbocycles. The van der Waals surface area contributed by atoms with Crippen LogP contribution in [0.3, 0.4) is 0 Å². The van der Waals surface area contributed by atoms with Crippen LogP contribution in [0.4, 0.5) is 0 Å². The number of aliphatic carboxylic acids is 2. The highest BCUT2D eigenvalue weighted by Gasteiger charge is 2.43. The molecule has 6 heteroatoms. The van der Waals surface area contributed by atoms with E-state index in [0.717, 1.165) is 38.5 Å². The first-order chi connectivity index (χ1) is 14.9. The lowest BCUT2D eigenvalue weighted by molar-refractivity contribution is -0.140. The Morgan fingerprint density at radius 3 is 1.84 bits per heavy atom. The lowest BCUT2D eigenvalue weighted by Gasteiger charge is -2.30. The van der Waals surface area contributed by atoms with Crippen LogP contribution >= 0.6 is 0 Å². The molecular formula is C26H42N2O4. The van der Waals surface area contributed by atoms with Crippen LogP contribution in [-0.2, 0) is 9.59 Å². The minimum Gasteiger partial charge on any atom is -0.481 e. The lowest BCUT2D eigenvalue weighted by atomic mass is 9.75. The zero-order valence-corrected chi connectivity index (χ0v) is 20.0. The minimum absolute atomic E-state index is 0.135. The molecular weight excluding hydrogens is 404 g/mol. The standard InChI is InChI=1S/C14H19NO2.C12H23NO2/c15-10-14(9-13(16)17)7-6-12(8-14)11-4-2-1-3-5-11;1-11(2,3)9-4-5-12(6-9,8-13)7-10(14)15/h1-5,12H,6-10,15H2,(H,16,17);9H,4-8,13H2,1-3H3,(H,14,15)/t;9-,12+/m.0/s1. The fourth-order valence-electron chi connectivity index (χ4n) is 5.64. The molecule has 1 aromatic rings. The van der Waals surface area contributed by atoms with Gasteiger partial charge in [0.25, 0.3) is 0 Å². The number of carboxylic acids is 2. The van der Waals surface area contributed by atoms with Gasteiger partial charge in [0.05, 0.1) is 12.8 Å². The van der Waals surface area contributed by atoms with Crippen LogP contribution < -0.4 is 11.5 Å². The summed E-state index contributed by atoms with van der Waals surface area (Å²) >= 11 is 0. The Morgan fingerprint density at radius 1 is 0.906 bits per heavy atom. The van der Waals surface area contributed by atoms with Crippen molar-refractivity contribution >= 4 is 11.9 Å². The van der Waals surface area contributed by atoms with Crippen LogP contribution in [-0.4, -0.2) is 35.2 Å². The first-order valence-corrected chi connectivity index (χ1v) is 11.8. The third kappa shape index (κ3) is 7.04. The van der Waals surface area contributed by atoms with Crippen molar-refractivity contribution in [3.05, 3.63) is 35.9 Å². The quantitative estimate of drug-likeness (QED) is 0.484. The highest BCUT2D eigenvalue weighted by atomic mass is 16.4. The van der Waals surface area contributed by atoms with Crippen LogP contribution in [0.2, 0.25) is 0 Å². The lowest BCUT2D eigenvalue weighted by Crippen LogP contribution is -2.31. The summed E-state index contributed by atoms with van der Waals surface area (Å²) in [6.45, 7) is 7.66. The first-order valence-electron chi connectivity index (χ1n) is 11.8. The zero-order chi connectivity index (χ0) is 24.0. The van der Waals surface area contributed by atoms with E-state index in [1.54, 1.807) is 0 Å². The Kier molecular flexibility index (Phi) is 8.89. The molecule has 2 aliphatic carbocycles. The molecule has 0 spiro atoms. The first kappa shape index (κ1) is 26.3. The van der Waals surface area contributed by atoms with Crippen molar-refractivity contribution in [2.45, 2.75) is 78.1 Å². The fourth-order valence-corrected chi connectivity index (χ4v) is 5.64. The van der Waals surface area contributed by atoms with Crippen LogP contribution in [0.15, 0.2) is 30.3 Å². The second-order valence-electron chi connectivity index (χ2n) is 11.2. The molecule has 2 fully saturated rings. The number of carboxylic acid groups (broad SMARTS) is 2. The van der Waals surface area contributed by atoms with E-state index in [9.17, 15) is 9.59 Å². The van der Waals surface area contributed by atoms with Crippen molar-refractivity contribution < 1.29 is 19.8 Å². The zero-order valence-electron chi connectivity index (χ0n) is 20.0. The van der Waals surface area contributed by atoms with Crippen molar-refractivity contribution in [3.8, 4) is 0 Å². The topological polar surface area (TPSA) is 127 Å². The second-order valence-corrected chi connectivity index (χ2v) is 11.2. The largest absolute Gasteiger partial charge is 0.481 e. The van der Waals surface area contributed by atoms with Gasteiger partial charge in [0.1, 0.15) is 0 Å². The van der Waals surface area contributed by atoms with Crippen molar-refractivity contribution in [2.24, 2.45) is 33.6 Å². The number of rotatable bonds is 7. The Labute approximate surface area is 192 Å². The van der Waals surface area contributed by atoms with Gasteiger partial charge in [0.2, 0.25) is 0 Å². The average molecular weight is 447 g/mol. The van der Waals surface area contributed by atoms with Crippen LogP contribution in [0.25, 0.3) is 0 Å². The molecule has 180 valence electrons. The average Bonchev–Trinajstić information content (AvgIpc) is 3.34. The number of carbonyl (C=O) groups is 2. The van der Waals surface area contributed by atoms with Crippen molar-refractivity contribution in [2.75, 3.05) is 13.1 Å². The number of hydrogen-bond donors (Lipinski definition) is 4. The van der Waals surface area contributed by atoms with Gasteiger partial charge in [-0.2, -0.15) is 0 Å². The minimum atomic E-state index is -0.732. The Balaban J connectivity index is 0.000000229. The van der Waals surface area contributed by atoms with Crippen molar-refractivity contribution in [1.29, 1.82) is 0 Å². The summed E-state index contributed by atoms with van der Waals surface area (Å²) in [7, 11) is 0. The summed E-state index contributed by atoms with van der Waals surface area (Å²) in [6.07, 6.45) is 6.37. The van der Waals surface area contributed by atoms with Gasteiger partial charge in [-0.1, -0.05) is 51.1 Å². The molecule has 2 saturated carbocycles. The van der Waals surface area contributed by atoms with E-state index >= 15 is 0 Å². The molecule has 6 nitrogen and oxygen atoms in total. The maximum Gasteiger partial charge on any atom is 0.303 e. The Bertz CT molecular complexity index is 761. The molecule has 0 aliphatic heterocycles. The Hall–Kier alpha value is -1.92. The molecule has 0 heterocycles. The molecule has 2 unspecified atom stereocenters. The van der Waals surface area contributed by atoms with Gasteiger partial charge in [-0.3, -0.25) is 9.59 Å². The molecule has 0 radical (unpaired) electrons. The van der Waals surface area contributed by atoms with Crippen LogP contribution in [0, 0.1) is 22.2 Å².